The van der Waals surface area contributed by atoms with E-state index in [-0.39, 0.29) is 12.1 Å². The van der Waals surface area contributed by atoms with Gasteiger partial charge in [0.15, 0.2) is 0 Å². The van der Waals surface area contributed by atoms with E-state index in [1.807, 2.05) is 0 Å². The highest BCUT2D eigenvalue weighted by atomic mass is 32.2. The highest BCUT2D eigenvalue weighted by Crippen LogP contribution is 2.40. The lowest BCUT2D eigenvalue weighted by molar-refractivity contribution is -0.138. The van der Waals surface area contributed by atoms with Crippen LogP contribution in [0.15, 0.2) is 4.99 Å². The zero-order valence-corrected chi connectivity index (χ0v) is 17.8. The summed E-state index contributed by atoms with van der Waals surface area (Å²) in [5.74, 6) is 0.689. The van der Waals surface area contributed by atoms with E-state index in [0.717, 1.165) is 13.0 Å². The first kappa shape index (κ1) is 22.7. The molecular weight excluding hydrogens is 398 g/mol. The molecule has 0 aromatic rings. The van der Waals surface area contributed by atoms with E-state index in [0.29, 0.717) is 37.0 Å². The van der Waals surface area contributed by atoms with Crippen molar-refractivity contribution >= 4 is 23.6 Å². The lowest BCUT2D eigenvalue weighted by Crippen LogP contribution is -2.59. The first-order valence-corrected chi connectivity index (χ1v) is 11.3. The SMILES string of the molecule is CCN1CN=C(N)C2CCN([C@@H]3O[C@H](CSCC[C@H](N)C(=O)O)[C@@](C)(O)[C@H]3O)C21. The van der Waals surface area contributed by atoms with Gasteiger partial charge in [-0.2, -0.15) is 11.8 Å². The predicted octanol–water partition coefficient (Wildman–Crippen LogP) is -1.34. The lowest BCUT2D eigenvalue weighted by Gasteiger charge is -2.42. The topological polar surface area (TPSA) is 158 Å². The average molecular weight is 432 g/mol. The molecule has 0 radical (unpaired) electrons. The number of aliphatic hydroxyl groups excluding tert-OH is 1. The van der Waals surface area contributed by atoms with Crippen LogP contribution in [0.4, 0.5) is 0 Å². The maximum atomic E-state index is 10.9. The summed E-state index contributed by atoms with van der Waals surface area (Å²) in [6.07, 6.45) is -1.11. The molecule has 0 aliphatic carbocycles. The minimum Gasteiger partial charge on any atom is -0.480 e. The summed E-state index contributed by atoms with van der Waals surface area (Å²) < 4.78 is 6.15. The van der Waals surface area contributed by atoms with Crippen molar-refractivity contribution in [2.45, 2.75) is 62.9 Å². The van der Waals surface area contributed by atoms with Gasteiger partial charge in [0.2, 0.25) is 0 Å². The molecule has 7 N–H and O–H groups in total. The number of carboxylic acid groups (broad SMARTS) is 1. The molecule has 0 aromatic heterocycles. The summed E-state index contributed by atoms with van der Waals surface area (Å²) in [6, 6.07) is -0.897. The highest BCUT2D eigenvalue weighted by Gasteiger charge is 2.57. The molecule has 3 rings (SSSR count). The number of aliphatic carboxylic acids is 1. The fourth-order valence-electron chi connectivity index (χ4n) is 4.35. The molecule has 2 unspecified atom stereocenters. The quantitative estimate of drug-likeness (QED) is 0.291. The van der Waals surface area contributed by atoms with Crippen LogP contribution in [-0.4, -0.2) is 104 Å². The zero-order valence-electron chi connectivity index (χ0n) is 17.0. The first-order chi connectivity index (χ1) is 13.7. The van der Waals surface area contributed by atoms with Crippen molar-refractivity contribution in [1.29, 1.82) is 0 Å². The van der Waals surface area contributed by atoms with Crippen molar-refractivity contribution in [3.63, 3.8) is 0 Å². The predicted molar refractivity (Wildman–Crippen MR) is 110 cm³/mol. The molecule has 2 fully saturated rings. The number of hydrogen-bond donors (Lipinski definition) is 5. The van der Waals surface area contributed by atoms with Gasteiger partial charge in [-0.1, -0.05) is 6.92 Å². The number of carboxylic acids is 1. The molecule has 0 spiro atoms. The van der Waals surface area contributed by atoms with Gasteiger partial charge < -0.3 is 31.5 Å². The van der Waals surface area contributed by atoms with E-state index in [1.54, 1.807) is 6.92 Å². The van der Waals surface area contributed by atoms with E-state index in [1.165, 1.54) is 11.8 Å². The number of likely N-dealkylation sites (tertiary alicyclic amines) is 1. The number of amidine groups is 1. The molecule has 0 saturated carbocycles. The summed E-state index contributed by atoms with van der Waals surface area (Å²) in [5.41, 5.74) is 10.2. The van der Waals surface area contributed by atoms with Crippen molar-refractivity contribution in [1.82, 2.24) is 9.80 Å². The van der Waals surface area contributed by atoms with Crippen LogP contribution in [0.2, 0.25) is 0 Å². The summed E-state index contributed by atoms with van der Waals surface area (Å²) >= 11 is 1.47. The Kier molecular flexibility index (Phi) is 7.09. The van der Waals surface area contributed by atoms with E-state index in [4.69, 9.17) is 21.3 Å². The Morgan fingerprint density at radius 3 is 2.90 bits per heavy atom. The molecule has 10 nitrogen and oxygen atoms in total. The van der Waals surface area contributed by atoms with Gasteiger partial charge in [0.05, 0.1) is 18.9 Å². The van der Waals surface area contributed by atoms with E-state index in [2.05, 4.69) is 21.7 Å². The normalized spacial score (nSPS) is 39.3. The summed E-state index contributed by atoms with van der Waals surface area (Å²) in [6.45, 7) is 5.67. The Hall–Kier alpha value is -0.950. The monoisotopic (exact) mass is 431 g/mol. The highest BCUT2D eigenvalue weighted by molar-refractivity contribution is 7.99. The largest absolute Gasteiger partial charge is 0.480 e. The zero-order chi connectivity index (χ0) is 21.3. The number of aliphatic imine (C=N–C) groups is 1. The van der Waals surface area contributed by atoms with Crippen molar-refractivity contribution in [2.24, 2.45) is 22.4 Å². The average Bonchev–Trinajstić information content (AvgIpc) is 3.20. The molecule has 0 amide bonds. The second-order valence-corrected chi connectivity index (χ2v) is 9.32. The number of carbonyl (C=O) groups is 1. The van der Waals surface area contributed by atoms with Crippen LogP contribution in [0, 0.1) is 5.92 Å². The van der Waals surface area contributed by atoms with Crippen molar-refractivity contribution in [3.05, 3.63) is 0 Å². The summed E-state index contributed by atoms with van der Waals surface area (Å²) in [4.78, 5) is 19.5. The van der Waals surface area contributed by atoms with Crippen LogP contribution in [0.25, 0.3) is 0 Å². The molecule has 3 heterocycles. The number of aliphatic hydroxyl groups is 2. The second-order valence-electron chi connectivity index (χ2n) is 8.17. The number of nitrogens with two attached hydrogens (primary N) is 2. The van der Waals surface area contributed by atoms with Crippen LogP contribution in [-0.2, 0) is 9.53 Å². The Labute approximate surface area is 175 Å². The fraction of sp³-hybridized carbons (Fsp3) is 0.889. The Morgan fingerprint density at radius 2 is 2.24 bits per heavy atom. The molecule has 166 valence electrons. The van der Waals surface area contributed by atoms with E-state index >= 15 is 0 Å². The number of thioether (sulfide) groups is 1. The van der Waals surface area contributed by atoms with Gasteiger partial charge in [-0.05, 0) is 32.1 Å². The first-order valence-electron chi connectivity index (χ1n) is 10.1. The Morgan fingerprint density at radius 1 is 1.52 bits per heavy atom. The van der Waals surface area contributed by atoms with Crippen LogP contribution < -0.4 is 11.5 Å². The molecule has 7 atom stereocenters. The summed E-state index contributed by atoms with van der Waals surface area (Å²) in [7, 11) is 0. The van der Waals surface area contributed by atoms with Crippen molar-refractivity contribution in [2.75, 3.05) is 31.3 Å². The van der Waals surface area contributed by atoms with Gasteiger partial charge in [-0.3, -0.25) is 19.6 Å². The standard InChI is InChI=1S/C18H33N5O5S/c1-3-22-9-21-14(20)10-4-6-23(15(10)22)16-13(24)18(2,27)12(28-16)8-29-7-5-11(19)17(25)26/h10-13,15-16,24,27H,3-9,19H2,1-2H3,(H2,20,21)(H,25,26)/t10?,11-,12+,13-,15?,16+,18+/m0/s1. The van der Waals surface area contributed by atoms with Crippen LogP contribution in [0.3, 0.4) is 0 Å². The third-order valence-electron chi connectivity index (χ3n) is 6.30. The molecule has 2 saturated heterocycles. The van der Waals surface area contributed by atoms with Crippen LogP contribution >= 0.6 is 11.8 Å². The molecule has 3 aliphatic rings. The fourth-order valence-corrected chi connectivity index (χ4v) is 5.57. The van der Waals surface area contributed by atoms with Gasteiger partial charge in [-0.15, -0.1) is 0 Å². The maximum absolute atomic E-state index is 10.9. The van der Waals surface area contributed by atoms with Gasteiger partial charge in [0.25, 0.3) is 0 Å². The molecule has 29 heavy (non-hydrogen) atoms. The number of rotatable bonds is 8. The minimum absolute atomic E-state index is 0.00656. The number of hydrogen-bond acceptors (Lipinski definition) is 10. The van der Waals surface area contributed by atoms with Crippen LogP contribution in [0.1, 0.15) is 26.7 Å². The number of nitrogens with zero attached hydrogens (tertiary/aromatic N) is 3. The Balaban J connectivity index is 1.64. The number of ether oxygens (including phenoxy) is 1. The Bertz CT molecular complexity index is 636. The molecular formula is C18H33N5O5S. The van der Waals surface area contributed by atoms with Gasteiger partial charge >= 0.3 is 5.97 Å². The summed E-state index contributed by atoms with van der Waals surface area (Å²) in [5, 5.41) is 30.7. The van der Waals surface area contributed by atoms with Crippen molar-refractivity contribution in [3.8, 4) is 0 Å². The third-order valence-corrected chi connectivity index (χ3v) is 7.37. The molecule has 3 aliphatic heterocycles. The smallest absolute Gasteiger partial charge is 0.320 e. The van der Waals surface area contributed by atoms with Crippen molar-refractivity contribution < 1.29 is 24.9 Å². The van der Waals surface area contributed by atoms with Gasteiger partial charge in [0, 0.05) is 18.2 Å². The maximum Gasteiger partial charge on any atom is 0.320 e. The molecule has 0 bridgehead atoms. The van der Waals surface area contributed by atoms with Gasteiger partial charge in [-0.25, -0.2) is 0 Å². The van der Waals surface area contributed by atoms with E-state index in [9.17, 15) is 15.0 Å². The molecule has 11 heteroatoms. The third kappa shape index (κ3) is 4.41. The minimum atomic E-state index is -1.41. The van der Waals surface area contributed by atoms with Gasteiger partial charge in [0.1, 0.15) is 29.8 Å². The van der Waals surface area contributed by atoms with Crippen LogP contribution in [0.5, 0.6) is 0 Å². The lowest BCUT2D eigenvalue weighted by atomic mass is 9.95. The second kappa shape index (κ2) is 9.04. The number of fused-ring (bicyclic) bond motifs is 1. The molecule has 0 aromatic carbocycles. The van der Waals surface area contributed by atoms with E-state index < -0.39 is 36.0 Å².